The second kappa shape index (κ2) is 7.20. The lowest BCUT2D eigenvalue weighted by Crippen LogP contribution is -2.28. The van der Waals surface area contributed by atoms with Crippen molar-refractivity contribution in [3.8, 4) is 17.0 Å². The van der Waals surface area contributed by atoms with Gasteiger partial charge in [0.1, 0.15) is 11.4 Å². The van der Waals surface area contributed by atoms with Crippen LogP contribution >= 0.6 is 0 Å². The van der Waals surface area contributed by atoms with Gasteiger partial charge in [-0.1, -0.05) is 80.5 Å². The van der Waals surface area contributed by atoms with E-state index in [1.54, 1.807) is 6.20 Å². The lowest BCUT2D eigenvalue weighted by atomic mass is 9.68. The molecule has 2 N–H and O–H groups in total. The summed E-state index contributed by atoms with van der Waals surface area (Å²) in [6.45, 7) is 22.6. The average Bonchev–Trinajstić information content (AvgIpc) is 2.95. The normalized spacial score (nSPS) is 13.8. The molecule has 1 heterocycles. The van der Waals surface area contributed by atoms with Crippen molar-refractivity contribution in [2.45, 2.75) is 92.9 Å². The number of phenolic OH excluding ortho intramolecular Hbond substituents is 1. The third kappa shape index (κ3) is 5.36. The Balaban J connectivity index is 2.70. The summed E-state index contributed by atoms with van der Waals surface area (Å²) in [6.07, 6.45) is 3.76. The molecule has 4 heteroatoms. The maximum atomic E-state index is 11.2. The van der Waals surface area contributed by atoms with Gasteiger partial charge in [0.05, 0.1) is 6.20 Å². The van der Waals surface area contributed by atoms with E-state index < -0.39 is 0 Å². The molecule has 0 bridgehead atoms. The zero-order chi connectivity index (χ0) is 21.5. The SMILES string of the molecule is CC(C)(C)CC(C)(C)c1cc(-c2c[nH]nn2)c(O)c(C(C)(C)CC(C)(C)C)c1. The van der Waals surface area contributed by atoms with Gasteiger partial charge in [0.2, 0.25) is 0 Å². The smallest absolute Gasteiger partial charge is 0.128 e. The number of aromatic hydroxyl groups is 1. The van der Waals surface area contributed by atoms with Crippen LogP contribution in [0.25, 0.3) is 11.3 Å². The topological polar surface area (TPSA) is 61.8 Å². The number of benzene rings is 1. The van der Waals surface area contributed by atoms with Crippen molar-refractivity contribution >= 4 is 0 Å². The minimum atomic E-state index is -0.172. The number of phenols is 1. The van der Waals surface area contributed by atoms with E-state index in [4.69, 9.17) is 0 Å². The quantitative estimate of drug-likeness (QED) is 0.609. The lowest BCUT2D eigenvalue weighted by Gasteiger charge is -2.37. The molecule has 28 heavy (non-hydrogen) atoms. The highest BCUT2D eigenvalue weighted by atomic mass is 16.3. The molecule has 0 saturated heterocycles. The van der Waals surface area contributed by atoms with Crippen LogP contribution in [0.3, 0.4) is 0 Å². The van der Waals surface area contributed by atoms with Crippen LogP contribution in [0, 0.1) is 10.8 Å². The molecule has 0 amide bonds. The van der Waals surface area contributed by atoms with E-state index in [0.717, 1.165) is 24.0 Å². The van der Waals surface area contributed by atoms with Gasteiger partial charge in [0.25, 0.3) is 0 Å². The predicted molar refractivity (Wildman–Crippen MR) is 118 cm³/mol. The van der Waals surface area contributed by atoms with Crippen LogP contribution in [0.2, 0.25) is 0 Å². The van der Waals surface area contributed by atoms with Crippen LogP contribution in [-0.4, -0.2) is 20.5 Å². The van der Waals surface area contributed by atoms with Crippen molar-refractivity contribution in [3.05, 3.63) is 29.5 Å². The van der Waals surface area contributed by atoms with Gasteiger partial charge in [-0.05, 0) is 46.1 Å². The fourth-order valence-corrected chi connectivity index (χ4v) is 4.92. The Hall–Kier alpha value is -1.84. The van der Waals surface area contributed by atoms with E-state index in [9.17, 15) is 5.11 Å². The van der Waals surface area contributed by atoms with E-state index in [0.29, 0.717) is 11.4 Å². The molecule has 1 aromatic carbocycles. The molecule has 0 atom stereocenters. The van der Waals surface area contributed by atoms with Crippen LogP contribution in [0.4, 0.5) is 0 Å². The highest BCUT2D eigenvalue weighted by Gasteiger charge is 2.34. The van der Waals surface area contributed by atoms with Crippen LogP contribution in [0.5, 0.6) is 5.75 Å². The van der Waals surface area contributed by atoms with Gasteiger partial charge in [-0.3, -0.25) is 5.10 Å². The Morgan fingerprint density at radius 1 is 0.821 bits per heavy atom. The number of H-pyrrole nitrogens is 1. The Morgan fingerprint density at radius 3 is 1.82 bits per heavy atom. The zero-order valence-electron chi connectivity index (χ0n) is 19.5. The fraction of sp³-hybridized carbons (Fsp3) is 0.667. The molecule has 0 fully saturated rings. The first kappa shape index (κ1) is 22.4. The van der Waals surface area contributed by atoms with E-state index in [1.165, 1.54) is 5.56 Å². The number of hydrogen-bond donors (Lipinski definition) is 2. The summed E-state index contributed by atoms with van der Waals surface area (Å²) >= 11 is 0. The summed E-state index contributed by atoms with van der Waals surface area (Å²) in [5.74, 6) is 0.318. The molecule has 2 rings (SSSR count). The minimum absolute atomic E-state index is 0.0308. The van der Waals surface area contributed by atoms with Gasteiger partial charge >= 0.3 is 0 Å². The fourth-order valence-electron chi connectivity index (χ4n) is 4.92. The van der Waals surface area contributed by atoms with Gasteiger partial charge in [-0.25, -0.2) is 0 Å². The van der Waals surface area contributed by atoms with Crippen LogP contribution in [0.15, 0.2) is 18.3 Å². The summed E-state index contributed by atoms with van der Waals surface area (Å²) in [5, 5.41) is 22.0. The molecular formula is C24H39N3O. The molecule has 0 spiro atoms. The van der Waals surface area contributed by atoms with Crippen LogP contribution in [0.1, 0.15) is 93.2 Å². The van der Waals surface area contributed by atoms with E-state index >= 15 is 0 Å². The molecule has 0 radical (unpaired) electrons. The van der Waals surface area contributed by atoms with Crippen molar-refractivity contribution in [1.29, 1.82) is 0 Å². The van der Waals surface area contributed by atoms with E-state index in [2.05, 4.69) is 96.8 Å². The molecule has 1 aromatic heterocycles. The Morgan fingerprint density at radius 2 is 1.36 bits per heavy atom. The number of rotatable bonds is 5. The number of aromatic nitrogens is 3. The predicted octanol–water partition coefficient (Wildman–Crippen LogP) is 6.60. The standard InChI is InChI=1S/C24H39N3O/c1-21(2,3)14-23(7,8)16-11-17(19-13-25-27-26-19)20(28)18(12-16)24(9,10)15-22(4,5)6/h11-13,28H,14-15H2,1-10H3,(H,25,26,27). The third-order valence-electron chi connectivity index (χ3n) is 5.26. The van der Waals surface area contributed by atoms with Crippen LogP contribution < -0.4 is 0 Å². The lowest BCUT2D eigenvalue weighted by molar-refractivity contribution is 0.274. The maximum absolute atomic E-state index is 11.2. The highest BCUT2D eigenvalue weighted by molar-refractivity contribution is 5.70. The van der Waals surface area contributed by atoms with Gasteiger partial charge in [-0.15, -0.1) is 5.10 Å². The first-order chi connectivity index (χ1) is 12.5. The molecule has 0 unspecified atom stereocenters. The molecular weight excluding hydrogens is 346 g/mol. The average molecular weight is 386 g/mol. The first-order valence-corrected chi connectivity index (χ1v) is 10.3. The van der Waals surface area contributed by atoms with Crippen molar-refractivity contribution in [2.75, 3.05) is 0 Å². The molecule has 0 aliphatic rings. The third-order valence-corrected chi connectivity index (χ3v) is 5.26. The molecule has 4 nitrogen and oxygen atoms in total. The maximum Gasteiger partial charge on any atom is 0.128 e. The van der Waals surface area contributed by atoms with Crippen molar-refractivity contribution in [1.82, 2.24) is 15.4 Å². The monoisotopic (exact) mass is 385 g/mol. The van der Waals surface area contributed by atoms with Crippen molar-refractivity contribution < 1.29 is 5.11 Å². The summed E-state index contributed by atoms with van der Waals surface area (Å²) in [5.41, 5.74) is 3.81. The molecule has 2 aromatic rings. The minimum Gasteiger partial charge on any atom is -0.507 e. The number of hydrogen-bond acceptors (Lipinski definition) is 3. The Labute approximate surface area is 171 Å². The van der Waals surface area contributed by atoms with Gasteiger partial charge < -0.3 is 5.11 Å². The largest absolute Gasteiger partial charge is 0.507 e. The summed E-state index contributed by atoms with van der Waals surface area (Å²) in [4.78, 5) is 0. The first-order valence-electron chi connectivity index (χ1n) is 10.3. The molecule has 156 valence electrons. The van der Waals surface area contributed by atoms with Crippen molar-refractivity contribution in [3.63, 3.8) is 0 Å². The highest BCUT2D eigenvalue weighted by Crippen LogP contribution is 2.47. The van der Waals surface area contributed by atoms with Gasteiger partial charge in [-0.2, -0.15) is 0 Å². The number of aromatic amines is 1. The molecule has 0 aliphatic heterocycles. The van der Waals surface area contributed by atoms with Gasteiger partial charge in [0.15, 0.2) is 0 Å². The molecule has 0 saturated carbocycles. The number of nitrogens with zero attached hydrogens (tertiary/aromatic N) is 2. The molecule has 0 aliphatic carbocycles. The van der Waals surface area contributed by atoms with E-state index in [1.807, 2.05) is 0 Å². The summed E-state index contributed by atoms with van der Waals surface area (Å²) in [6, 6.07) is 4.31. The summed E-state index contributed by atoms with van der Waals surface area (Å²) < 4.78 is 0. The Bertz CT molecular complexity index is 804. The van der Waals surface area contributed by atoms with E-state index in [-0.39, 0.29) is 21.7 Å². The summed E-state index contributed by atoms with van der Waals surface area (Å²) in [7, 11) is 0. The zero-order valence-corrected chi connectivity index (χ0v) is 19.5. The second-order valence-corrected chi connectivity index (χ2v) is 12.0. The second-order valence-electron chi connectivity index (χ2n) is 12.0. The Kier molecular flexibility index (Phi) is 5.77. The number of nitrogens with one attached hydrogen (secondary N) is 1. The van der Waals surface area contributed by atoms with Crippen LogP contribution in [-0.2, 0) is 10.8 Å². The van der Waals surface area contributed by atoms with Gasteiger partial charge in [0, 0.05) is 11.1 Å². The van der Waals surface area contributed by atoms with Crippen molar-refractivity contribution in [2.24, 2.45) is 10.8 Å².